The zero-order valence-electron chi connectivity index (χ0n) is 13.3. The summed E-state index contributed by atoms with van der Waals surface area (Å²) in [6, 6.07) is 0.282. The number of carbonyl (C=O) groups is 1. The van der Waals surface area contributed by atoms with Gasteiger partial charge in [0.2, 0.25) is 0 Å². The van der Waals surface area contributed by atoms with Crippen molar-refractivity contribution in [1.82, 2.24) is 9.80 Å². The third-order valence-corrected chi connectivity index (χ3v) is 5.20. The molecule has 3 aliphatic heterocycles. The van der Waals surface area contributed by atoms with Gasteiger partial charge in [0.25, 0.3) is 0 Å². The van der Waals surface area contributed by atoms with Crippen LogP contribution in [0.3, 0.4) is 0 Å². The van der Waals surface area contributed by atoms with Crippen molar-refractivity contribution in [3.63, 3.8) is 0 Å². The lowest BCUT2D eigenvalue weighted by Crippen LogP contribution is -2.57. The van der Waals surface area contributed by atoms with E-state index in [9.17, 15) is 9.90 Å². The number of nitrogens with zero attached hydrogens (tertiary/aromatic N) is 2. The number of hydrogen-bond acceptors (Lipinski definition) is 5. The van der Waals surface area contributed by atoms with Crippen molar-refractivity contribution < 1.29 is 19.4 Å². The predicted octanol–water partition coefficient (Wildman–Crippen LogP) is 1.08. The van der Waals surface area contributed by atoms with Crippen LogP contribution in [0.2, 0.25) is 0 Å². The van der Waals surface area contributed by atoms with E-state index in [-0.39, 0.29) is 24.2 Å². The minimum atomic E-state index is -0.160. The Kier molecular flexibility index (Phi) is 5.21. The molecule has 0 aromatic heterocycles. The topological polar surface area (TPSA) is 62.2 Å². The third kappa shape index (κ3) is 3.55. The molecular formula is C16H28N2O4. The van der Waals surface area contributed by atoms with Gasteiger partial charge in [-0.3, -0.25) is 4.90 Å². The maximum Gasteiger partial charge on any atom is 0.409 e. The fourth-order valence-corrected chi connectivity index (χ4v) is 3.67. The SMILES string of the molecule is O=C(OCC1CCCCN1CC1(CO)COC1)N1CCCC1. The minimum absolute atomic E-state index is 0.103. The molecule has 0 aromatic carbocycles. The highest BCUT2D eigenvalue weighted by atomic mass is 16.6. The Balaban J connectivity index is 1.50. The predicted molar refractivity (Wildman–Crippen MR) is 81.7 cm³/mol. The summed E-state index contributed by atoms with van der Waals surface area (Å²) in [5.74, 6) is 0. The fourth-order valence-electron chi connectivity index (χ4n) is 3.67. The maximum atomic E-state index is 12.0. The van der Waals surface area contributed by atoms with Gasteiger partial charge < -0.3 is 19.5 Å². The summed E-state index contributed by atoms with van der Waals surface area (Å²) in [5, 5.41) is 9.62. The minimum Gasteiger partial charge on any atom is -0.448 e. The van der Waals surface area contributed by atoms with Crippen LogP contribution in [0.25, 0.3) is 0 Å². The van der Waals surface area contributed by atoms with Gasteiger partial charge >= 0.3 is 6.09 Å². The van der Waals surface area contributed by atoms with E-state index in [0.717, 1.165) is 45.4 Å². The molecule has 3 fully saturated rings. The molecule has 1 N–H and O–H groups in total. The summed E-state index contributed by atoms with van der Waals surface area (Å²) >= 11 is 0. The number of rotatable bonds is 5. The average molecular weight is 312 g/mol. The molecule has 0 aliphatic carbocycles. The molecular weight excluding hydrogens is 284 g/mol. The van der Waals surface area contributed by atoms with Crippen LogP contribution in [0.15, 0.2) is 0 Å². The van der Waals surface area contributed by atoms with Gasteiger partial charge in [-0.05, 0) is 32.2 Å². The van der Waals surface area contributed by atoms with Gasteiger partial charge in [0.15, 0.2) is 0 Å². The third-order valence-electron chi connectivity index (χ3n) is 5.20. The Hall–Kier alpha value is -0.850. The molecule has 126 valence electrons. The first kappa shape index (κ1) is 16.0. The van der Waals surface area contributed by atoms with E-state index in [2.05, 4.69) is 4.90 Å². The van der Waals surface area contributed by atoms with Crippen molar-refractivity contribution in [1.29, 1.82) is 0 Å². The molecule has 3 saturated heterocycles. The first-order chi connectivity index (χ1) is 10.7. The quantitative estimate of drug-likeness (QED) is 0.823. The summed E-state index contributed by atoms with van der Waals surface area (Å²) in [6.07, 6.45) is 5.44. The van der Waals surface area contributed by atoms with Gasteiger partial charge in [-0.15, -0.1) is 0 Å². The Labute approximate surface area is 132 Å². The second-order valence-electron chi connectivity index (χ2n) is 7.04. The number of hydrogen-bond donors (Lipinski definition) is 1. The number of carbonyl (C=O) groups excluding carboxylic acids is 1. The number of ether oxygens (including phenoxy) is 2. The molecule has 22 heavy (non-hydrogen) atoms. The lowest BCUT2D eigenvalue weighted by Gasteiger charge is -2.46. The van der Waals surface area contributed by atoms with Crippen LogP contribution in [-0.4, -0.2) is 79.6 Å². The number of aliphatic hydroxyl groups excluding tert-OH is 1. The lowest BCUT2D eigenvalue weighted by molar-refractivity contribution is -0.155. The fraction of sp³-hybridized carbons (Fsp3) is 0.938. The zero-order valence-corrected chi connectivity index (χ0v) is 13.3. The molecule has 1 amide bonds. The van der Waals surface area contributed by atoms with E-state index < -0.39 is 0 Å². The molecule has 0 saturated carbocycles. The van der Waals surface area contributed by atoms with Crippen molar-refractivity contribution in [2.75, 3.05) is 52.6 Å². The van der Waals surface area contributed by atoms with E-state index in [1.54, 1.807) is 0 Å². The molecule has 3 heterocycles. The normalized spacial score (nSPS) is 28.4. The van der Waals surface area contributed by atoms with Gasteiger partial charge in [0, 0.05) is 25.7 Å². The Morgan fingerprint density at radius 2 is 1.91 bits per heavy atom. The highest BCUT2D eigenvalue weighted by Crippen LogP contribution is 2.30. The van der Waals surface area contributed by atoms with E-state index in [4.69, 9.17) is 9.47 Å². The van der Waals surface area contributed by atoms with Crippen LogP contribution >= 0.6 is 0 Å². The van der Waals surface area contributed by atoms with Crippen LogP contribution < -0.4 is 0 Å². The molecule has 0 bridgehead atoms. The summed E-state index contributed by atoms with van der Waals surface area (Å²) in [6.45, 7) is 5.45. The van der Waals surface area contributed by atoms with Crippen LogP contribution in [0.5, 0.6) is 0 Å². The molecule has 0 radical (unpaired) electrons. The van der Waals surface area contributed by atoms with Crippen molar-refractivity contribution in [2.45, 2.75) is 38.1 Å². The Morgan fingerprint density at radius 3 is 2.55 bits per heavy atom. The molecule has 1 atom stereocenters. The van der Waals surface area contributed by atoms with Gasteiger partial charge in [0.05, 0.1) is 25.2 Å². The number of aliphatic hydroxyl groups is 1. The number of piperidine rings is 1. The van der Waals surface area contributed by atoms with Gasteiger partial charge in [-0.25, -0.2) is 4.79 Å². The van der Waals surface area contributed by atoms with Crippen LogP contribution in [-0.2, 0) is 9.47 Å². The van der Waals surface area contributed by atoms with Crippen LogP contribution in [0, 0.1) is 5.41 Å². The summed E-state index contributed by atoms with van der Waals surface area (Å²) in [7, 11) is 0. The molecule has 1 unspecified atom stereocenters. The van der Waals surface area contributed by atoms with Gasteiger partial charge in [0.1, 0.15) is 6.61 Å². The lowest BCUT2D eigenvalue weighted by atomic mass is 9.85. The second kappa shape index (κ2) is 7.15. The molecule has 6 heteroatoms. The molecule has 3 aliphatic rings. The first-order valence-corrected chi connectivity index (χ1v) is 8.57. The number of amides is 1. The van der Waals surface area contributed by atoms with Crippen molar-refractivity contribution in [3.8, 4) is 0 Å². The van der Waals surface area contributed by atoms with E-state index in [1.807, 2.05) is 4.90 Å². The highest BCUT2D eigenvalue weighted by molar-refractivity contribution is 5.67. The van der Waals surface area contributed by atoms with Crippen LogP contribution in [0.1, 0.15) is 32.1 Å². The van der Waals surface area contributed by atoms with E-state index in [0.29, 0.717) is 19.8 Å². The molecule has 6 nitrogen and oxygen atoms in total. The smallest absolute Gasteiger partial charge is 0.409 e. The first-order valence-electron chi connectivity index (χ1n) is 8.57. The molecule has 0 aromatic rings. The van der Waals surface area contributed by atoms with Crippen LogP contribution in [0.4, 0.5) is 4.79 Å². The highest BCUT2D eigenvalue weighted by Gasteiger charge is 2.41. The largest absolute Gasteiger partial charge is 0.448 e. The monoisotopic (exact) mass is 312 g/mol. The number of likely N-dealkylation sites (tertiary alicyclic amines) is 2. The maximum absolute atomic E-state index is 12.0. The molecule has 3 rings (SSSR count). The van der Waals surface area contributed by atoms with Gasteiger partial charge in [-0.1, -0.05) is 6.42 Å². The van der Waals surface area contributed by atoms with Crippen molar-refractivity contribution >= 4 is 6.09 Å². The zero-order chi connectivity index (χ0) is 15.4. The van der Waals surface area contributed by atoms with Crippen molar-refractivity contribution in [3.05, 3.63) is 0 Å². The van der Waals surface area contributed by atoms with Crippen molar-refractivity contribution in [2.24, 2.45) is 5.41 Å². The summed E-state index contributed by atoms with van der Waals surface area (Å²) in [5.41, 5.74) is -0.103. The standard InChI is InChI=1S/C16H28N2O4/c19-11-16(12-21-13-16)10-18-8-2-1-5-14(18)9-22-15(20)17-6-3-4-7-17/h14,19H,1-13H2. The van der Waals surface area contributed by atoms with E-state index >= 15 is 0 Å². The second-order valence-corrected chi connectivity index (χ2v) is 7.04. The average Bonchev–Trinajstić information content (AvgIpc) is 3.04. The summed E-state index contributed by atoms with van der Waals surface area (Å²) in [4.78, 5) is 16.2. The van der Waals surface area contributed by atoms with Gasteiger partial charge in [-0.2, -0.15) is 0 Å². The Morgan fingerprint density at radius 1 is 1.18 bits per heavy atom. The molecule has 0 spiro atoms. The van der Waals surface area contributed by atoms with E-state index in [1.165, 1.54) is 12.8 Å². The Bertz CT molecular complexity index is 375. The summed E-state index contributed by atoms with van der Waals surface area (Å²) < 4.78 is 10.8.